The minimum absolute atomic E-state index is 0.0877. The Kier molecular flexibility index (Phi) is 3.94. The van der Waals surface area contributed by atoms with Crippen molar-refractivity contribution < 1.29 is 4.79 Å². The number of aryl methyl sites for hydroxylation is 2. The van der Waals surface area contributed by atoms with Crippen LogP contribution in [0.15, 0.2) is 44.9 Å². The van der Waals surface area contributed by atoms with E-state index < -0.39 is 0 Å². The number of thiophene rings is 1. The van der Waals surface area contributed by atoms with Crippen LogP contribution < -0.4 is 5.32 Å². The van der Waals surface area contributed by atoms with Crippen LogP contribution in [0.2, 0.25) is 0 Å². The molecule has 1 amide bonds. The fourth-order valence-electron chi connectivity index (χ4n) is 1.94. The lowest BCUT2D eigenvalue weighted by Crippen LogP contribution is -2.19. The highest BCUT2D eigenvalue weighted by molar-refractivity contribution is 8.18. The molecule has 1 saturated heterocycles. The largest absolute Gasteiger partial charge is 0.300 e. The van der Waals surface area contributed by atoms with E-state index in [4.69, 9.17) is 0 Å². The molecule has 0 atom stereocenters. The van der Waals surface area contributed by atoms with Crippen molar-refractivity contribution in [3.05, 3.63) is 56.6 Å². The maximum absolute atomic E-state index is 12.0. The van der Waals surface area contributed by atoms with Crippen LogP contribution in [0.25, 0.3) is 6.08 Å². The summed E-state index contributed by atoms with van der Waals surface area (Å²) < 4.78 is 0. The second-order valence-electron chi connectivity index (χ2n) is 4.83. The molecule has 1 aliphatic heterocycles. The molecule has 1 fully saturated rings. The van der Waals surface area contributed by atoms with Gasteiger partial charge in [0.2, 0.25) is 0 Å². The van der Waals surface area contributed by atoms with Crippen LogP contribution in [0.3, 0.4) is 0 Å². The maximum atomic E-state index is 12.0. The fourth-order valence-corrected chi connectivity index (χ4v) is 3.39. The molecule has 2 heterocycles. The Labute approximate surface area is 131 Å². The number of carbonyl (C=O) groups excluding carboxylic acids is 1. The molecule has 5 heteroatoms. The number of hydrogen-bond donors (Lipinski definition) is 1. The summed E-state index contributed by atoms with van der Waals surface area (Å²) in [6.45, 7) is 4.05. The molecule has 0 bridgehead atoms. The SMILES string of the molecule is Cc1ccc(C)c(N=C2NC(=O)C(=Cc3ccsc3)S2)c1. The summed E-state index contributed by atoms with van der Waals surface area (Å²) in [5.41, 5.74) is 4.20. The van der Waals surface area contributed by atoms with Crippen LogP contribution in [0.1, 0.15) is 16.7 Å². The number of amides is 1. The molecule has 0 radical (unpaired) electrons. The summed E-state index contributed by atoms with van der Waals surface area (Å²) in [7, 11) is 0. The lowest BCUT2D eigenvalue weighted by atomic mass is 10.1. The van der Waals surface area contributed by atoms with Gasteiger partial charge in [-0.05, 0) is 71.3 Å². The van der Waals surface area contributed by atoms with Gasteiger partial charge in [-0.15, -0.1) is 0 Å². The Morgan fingerprint density at radius 2 is 2.10 bits per heavy atom. The Bertz CT molecular complexity index is 746. The second kappa shape index (κ2) is 5.87. The third-order valence-electron chi connectivity index (χ3n) is 3.08. The van der Waals surface area contributed by atoms with Crippen molar-refractivity contribution in [3.63, 3.8) is 0 Å². The van der Waals surface area contributed by atoms with Crippen molar-refractivity contribution >= 4 is 45.9 Å². The Morgan fingerprint density at radius 3 is 2.86 bits per heavy atom. The van der Waals surface area contributed by atoms with Gasteiger partial charge in [0.15, 0.2) is 5.17 Å². The molecule has 1 aromatic heterocycles. The zero-order valence-electron chi connectivity index (χ0n) is 11.7. The van der Waals surface area contributed by atoms with Gasteiger partial charge in [-0.25, -0.2) is 4.99 Å². The molecule has 0 saturated carbocycles. The molecule has 1 N–H and O–H groups in total. The Hall–Kier alpha value is -1.85. The van der Waals surface area contributed by atoms with E-state index in [1.165, 1.54) is 11.8 Å². The predicted molar refractivity (Wildman–Crippen MR) is 91.0 cm³/mol. The highest BCUT2D eigenvalue weighted by atomic mass is 32.2. The zero-order valence-corrected chi connectivity index (χ0v) is 13.3. The number of rotatable bonds is 2. The highest BCUT2D eigenvalue weighted by Gasteiger charge is 2.23. The van der Waals surface area contributed by atoms with Gasteiger partial charge in [0.05, 0.1) is 10.6 Å². The van der Waals surface area contributed by atoms with E-state index in [1.807, 2.05) is 48.9 Å². The molecule has 21 heavy (non-hydrogen) atoms. The summed E-state index contributed by atoms with van der Waals surface area (Å²) in [6.07, 6.45) is 1.89. The van der Waals surface area contributed by atoms with Crippen LogP contribution in [-0.4, -0.2) is 11.1 Å². The Balaban J connectivity index is 1.87. The topological polar surface area (TPSA) is 41.5 Å². The first-order valence-corrected chi connectivity index (χ1v) is 8.27. The highest BCUT2D eigenvalue weighted by Crippen LogP contribution is 2.29. The summed E-state index contributed by atoms with van der Waals surface area (Å²) in [5, 5.41) is 7.46. The number of carbonyl (C=O) groups is 1. The summed E-state index contributed by atoms with van der Waals surface area (Å²) in [6, 6.07) is 8.11. The van der Waals surface area contributed by atoms with Crippen LogP contribution in [-0.2, 0) is 4.79 Å². The number of aliphatic imine (C=N–C) groups is 1. The van der Waals surface area contributed by atoms with Gasteiger partial charge in [-0.1, -0.05) is 12.1 Å². The van der Waals surface area contributed by atoms with E-state index >= 15 is 0 Å². The van der Waals surface area contributed by atoms with Crippen molar-refractivity contribution in [2.75, 3.05) is 0 Å². The van der Waals surface area contributed by atoms with E-state index in [1.54, 1.807) is 11.3 Å². The summed E-state index contributed by atoms with van der Waals surface area (Å²) in [5.74, 6) is -0.0877. The third-order valence-corrected chi connectivity index (χ3v) is 4.69. The first kappa shape index (κ1) is 14.1. The maximum Gasteiger partial charge on any atom is 0.264 e. The van der Waals surface area contributed by atoms with Gasteiger partial charge in [-0.2, -0.15) is 11.3 Å². The van der Waals surface area contributed by atoms with Crippen molar-refractivity contribution in [2.24, 2.45) is 4.99 Å². The third kappa shape index (κ3) is 3.25. The first-order chi connectivity index (χ1) is 10.1. The van der Waals surface area contributed by atoms with E-state index in [2.05, 4.69) is 16.4 Å². The number of amidine groups is 1. The zero-order chi connectivity index (χ0) is 14.8. The van der Waals surface area contributed by atoms with Gasteiger partial charge in [0, 0.05) is 0 Å². The van der Waals surface area contributed by atoms with Gasteiger partial charge in [-0.3, -0.25) is 4.79 Å². The number of nitrogens with zero attached hydrogens (tertiary/aromatic N) is 1. The average Bonchev–Trinajstić information content (AvgIpc) is 3.06. The Morgan fingerprint density at radius 1 is 1.24 bits per heavy atom. The van der Waals surface area contributed by atoms with Crippen LogP contribution in [0, 0.1) is 13.8 Å². The predicted octanol–water partition coefficient (Wildman–Crippen LogP) is 4.26. The number of benzene rings is 1. The second-order valence-corrected chi connectivity index (χ2v) is 6.64. The molecule has 1 aliphatic rings. The van der Waals surface area contributed by atoms with Gasteiger partial charge in [0.25, 0.3) is 5.91 Å². The number of thioether (sulfide) groups is 1. The molecule has 3 nitrogen and oxygen atoms in total. The molecule has 0 aliphatic carbocycles. The lowest BCUT2D eigenvalue weighted by molar-refractivity contribution is -0.115. The van der Waals surface area contributed by atoms with Crippen molar-refractivity contribution in [1.29, 1.82) is 0 Å². The van der Waals surface area contributed by atoms with Gasteiger partial charge < -0.3 is 5.32 Å². The van der Waals surface area contributed by atoms with E-state index in [0.717, 1.165) is 22.4 Å². The molecule has 106 valence electrons. The van der Waals surface area contributed by atoms with Crippen molar-refractivity contribution in [3.8, 4) is 0 Å². The standard InChI is InChI=1S/C16H14N2OS2/c1-10-3-4-11(2)13(7-10)17-16-18-15(19)14(21-16)8-12-5-6-20-9-12/h3-9H,1-2H3,(H,17,18,19). The molecule has 0 spiro atoms. The van der Waals surface area contributed by atoms with Crippen molar-refractivity contribution in [1.82, 2.24) is 5.32 Å². The quantitative estimate of drug-likeness (QED) is 0.842. The normalized spacial score (nSPS) is 18.5. The monoisotopic (exact) mass is 314 g/mol. The van der Waals surface area contributed by atoms with E-state index in [0.29, 0.717) is 10.1 Å². The van der Waals surface area contributed by atoms with E-state index in [9.17, 15) is 4.79 Å². The average molecular weight is 314 g/mol. The lowest BCUT2D eigenvalue weighted by Gasteiger charge is -2.02. The van der Waals surface area contributed by atoms with Crippen LogP contribution >= 0.6 is 23.1 Å². The smallest absolute Gasteiger partial charge is 0.264 e. The van der Waals surface area contributed by atoms with Gasteiger partial charge in [0.1, 0.15) is 0 Å². The molecule has 3 rings (SSSR count). The number of nitrogens with one attached hydrogen (secondary N) is 1. The molecular formula is C16H14N2OS2. The minimum atomic E-state index is -0.0877. The summed E-state index contributed by atoms with van der Waals surface area (Å²) >= 11 is 3.00. The molecular weight excluding hydrogens is 300 g/mol. The molecule has 2 aromatic rings. The summed E-state index contributed by atoms with van der Waals surface area (Å²) in [4.78, 5) is 17.2. The minimum Gasteiger partial charge on any atom is -0.300 e. The number of hydrogen-bond acceptors (Lipinski definition) is 4. The molecule has 1 aromatic carbocycles. The van der Waals surface area contributed by atoms with Crippen LogP contribution in [0.5, 0.6) is 0 Å². The first-order valence-electron chi connectivity index (χ1n) is 6.51. The van der Waals surface area contributed by atoms with E-state index in [-0.39, 0.29) is 5.91 Å². The van der Waals surface area contributed by atoms with Crippen molar-refractivity contribution in [2.45, 2.75) is 13.8 Å². The fraction of sp³-hybridized carbons (Fsp3) is 0.125. The van der Waals surface area contributed by atoms with Gasteiger partial charge >= 0.3 is 0 Å². The van der Waals surface area contributed by atoms with Crippen LogP contribution in [0.4, 0.5) is 5.69 Å². The molecule has 0 unspecified atom stereocenters.